The maximum Gasteiger partial charge on any atom is 0.339 e. The molecule has 0 aliphatic carbocycles. The molecule has 0 bridgehead atoms. The summed E-state index contributed by atoms with van der Waals surface area (Å²) in [6.45, 7) is 4.78. The Hall–Kier alpha value is -2.96. The average Bonchev–Trinajstić information content (AvgIpc) is 3.05. The number of hydrogen-bond donors (Lipinski definition) is 0. The second-order valence-electron chi connectivity index (χ2n) is 5.60. The van der Waals surface area contributed by atoms with Crippen molar-refractivity contribution in [3.63, 3.8) is 0 Å². The second-order valence-corrected chi connectivity index (χ2v) is 5.60. The van der Waals surface area contributed by atoms with Crippen LogP contribution in [0.3, 0.4) is 0 Å². The van der Waals surface area contributed by atoms with E-state index in [0.29, 0.717) is 13.2 Å². The molecule has 146 valence electrons. The molecule has 0 amide bonds. The highest BCUT2D eigenvalue weighted by molar-refractivity contribution is 6.05. The molecule has 0 spiro atoms. The van der Waals surface area contributed by atoms with E-state index in [1.165, 1.54) is 0 Å². The van der Waals surface area contributed by atoms with Gasteiger partial charge in [-0.3, -0.25) is 0 Å². The van der Waals surface area contributed by atoms with Crippen molar-refractivity contribution in [2.24, 2.45) is 0 Å². The van der Waals surface area contributed by atoms with Gasteiger partial charge in [0, 0.05) is 12.2 Å². The minimum Gasteiger partial charge on any atom is -0.462 e. The fourth-order valence-electron chi connectivity index (χ4n) is 1.92. The van der Waals surface area contributed by atoms with Crippen molar-refractivity contribution >= 4 is 23.9 Å². The molecule has 0 saturated carbocycles. The van der Waals surface area contributed by atoms with Crippen LogP contribution in [0.5, 0.6) is 0 Å². The van der Waals surface area contributed by atoms with E-state index in [1.54, 1.807) is 24.3 Å². The van der Waals surface area contributed by atoms with Gasteiger partial charge >= 0.3 is 23.9 Å². The van der Waals surface area contributed by atoms with E-state index in [4.69, 9.17) is 9.47 Å². The summed E-state index contributed by atoms with van der Waals surface area (Å²) in [5.74, 6) is -2.10. The van der Waals surface area contributed by atoms with Crippen LogP contribution >= 0.6 is 0 Å². The number of hydrogen-bond acceptors (Lipinski definition) is 7. The van der Waals surface area contributed by atoms with Gasteiger partial charge in [-0.2, -0.15) is 0 Å². The number of unbranched alkanes of at least 4 members (excludes halogenated alkanes) is 2. The molecule has 0 atom stereocenters. The number of benzene rings is 1. The molecule has 1 aromatic rings. The predicted molar refractivity (Wildman–Crippen MR) is 97.1 cm³/mol. The molecule has 0 radical (unpaired) electrons. The van der Waals surface area contributed by atoms with Crippen molar-refractivity contribution in [2.45, 2.75) is 39.5 Å². The van der Waals surface area contributed by atoms with Gasteiger partial charge in [-0.15, -0.1) is 0 Å². The van der Waals surface area contributed by atoms with Crippen molar-refractivity contribution in [3.05, 3.63) is 47.5 Å². The lowest BCUT2D eigenvalue weighted by Crippen LogP contribution is -2.14. The molecule has 27 heavy (non-hydrogen) atoms. The van der Waals surface area contributed by atoms with Gasteiger partial charge in [-0.05, 0) is 25.0 Å². The Morgan fingerprint density at radius 2 is 1.22 bits per heavy atom. The Kier molecular flexibility index (Phi) is 10.1. The first-order valence-electron chi connectivity index (χ1n) is 8.86. The first-order chi connectivity index (χ1) is 13.0. The smallest absolute Gasteiger partial charge is 0.339 e. The third-order valence-electron chi connectivity index (χ3n) is 3.39. The Balaban J connectivity index is 0.000000433. The normalized spacial score (nSPS) is 12.1. The predicted octanol–water partition coefficient (Wildman–Crippen LogP) is 3.23. The molecule has 1 aliphatic rings. The molecule has 0 saturated heterocycles. The third kappa shape index (κ3) is 8.31. The van der Waals surface area contributed by atoms with E-state index in [9.17, 15) is 19.2 Å². The number of carbonyl (C=O) groups excluding carboxylic acids is 4. The summed E-state index contributed by atoms with van der Waals surface area (Å²) in [6, 6.07) is 6.59. The molecule has 0 unspecified atom stereocenters. The largest absolute Gasteiger partial charge is 0.462 e. The Labute approximate surface area is 158 Å². The first kappa shape index (κ1) is 22.1. The molecule has 0 aromatic heterocycles. The number of rotatable bonds is 8. The standard InChI is InChI=1S/C16H22O4.C4H2O3/c1-3-5-11-19-15(17)13-9-7-8-10-14(13)16(18)20-12-6-4-2;5-3-1-2-4(6)7-3/h7-10H,3-6,11-12H2,1-2H3;1-2H. The molecule has 2 rings (SSSR count). The van der Waals surface area contributed by atoms with Gasteiger partial charge in [-0.1, -0.05) is 38.8 Å². The van der Waals surface area contributed by atoms with Gasteiger partial charge in [0.1, 0.15) is 0 Å². The molecular weight excluding hydrogens is 352 g/mol. The van der Waals surface area contributed by atoms with Crippen molar-refractivity contribution in [1.29, 1.82) is 0 Å². The summed E-state index contributed by atoms with van der Waals surface area (Å²) in [6.07, 6.45) is 5.70. The lowest BCUT2D eigenvalue weighted by atomic mass is 10.1. The number of cyclic esters (lactones) is 2. The molecule has 7 nitrogen and oxygen atoms in total. The van der Waals surface area contributed by atoms with E-state index in [-0.39, 0.29) is 11.1 Å². The molecule has 1 aromatic carbocycles. The van der Waals surface area contributed by atoms with E-state index in [0.717, 1.165) is 37.8 Å². The van der Waals surface area contributed by atoms with Crippen LogP contribution < -0.4 is 0 Å². The van der Waals surface area contributed by atoms with Crippen molar-refractivity contribution < 1.29 is 33.4 Å². The summed E-state index contributed by atoms with van der Waals surface area (Å²) in [5.41, 5.74) is 0.537. The lowest BCUT2D eigenvalue weighted by molar-refractivity contribution is -0.150. The zero-order valence-electron chi connectivity index (χ0n) is 15.6. The molecule has 0 fully saturated rings. The molecule has 1 aliphatic heterocycles. The maximum absolute atomic E-state index is 11.9. The van der Waals surface area contributed by atoms with Gasteiger partial charge in [-0.25, -0.2) is 19.2 Å². The summed E-state index contributed by atoms with van der Waals surface area (Å²) in [7, 11) is 0. The zero-order valence-corrected chi connectivity index (χ0v) is 15.6. The zero-order chi connectivity index (χ0) is 20.1. The second kappa shape index (κ2) is 12.4. The van der Waals surface area contributed by atoms with Gasteiger partial charge in [0.05, 0.1) is 24.3 Å². The average molecular weight is 376 g/mol. The highest BCUT2D eigenvalue weighted by Crippen LogP contribution is 2.12. The molecule has 7 heteroatoms. The SMILES string of the molecule is CCCCOC(=O)c1ccccc1C(=O)OCCCC.O=C1C=CC(=O)O1. The fraction of sp³-hybridized carbons (Fsp3) is 0.400. The van der Waals surface area contributed by atoms with Crippen LogP contribution in [0.4, 0.5) is 0 Å². The Bertz CT molecular complexity index is 634. The van der Waals surface area contributed by atoms with E-state index in [1.807, 2.05) is 13.8 Å². The van der Waals surface area contributed by atoms with E-state index >= 15 is 0 Å². The lowest BCUT2D eigenvalue weighted by Gasteiger charge is -2.09. The highest BCUT2D eigenvalue weighted by atomic mass is 16.6. The minimum absolute atomic E-state index is 0.269. The van der Waals surface area contributed by atoms with Gasteiger partial charge in [0.25, 0.3) is 0 Å². The third-order valence-corrected chi connectivity index (χ3v) is 3.39. The summed E-state index contributed by atoms with van der Waals surface area (Å²) in [5, 5.41) is 0. The Morgan fingerprint density at radius 3 is 1.52 bits per heavy atom. The monoisotopic (exact) mass is 376 g/mol. The number of ether oxygens (including phenoxy) is 3. The van der Waals surface area contributed by atoms with Crippen molar-refractivity contribution in [3.8, 4) is 0 Å². The number of carbonyl (C=O) groups is 4. The van der Waals surface area contributed by atoms with Crippen LogP contribution in [0.1, 0.15) is 60.2 Å². The van der Waals surface area contributed by atoms with Gasteiger partial charge < -0.3 is 14.2 Å². The van der Waals surface area contributed by atoms with Crippen LogP contribution in [-0.2, 0) is 23.8 Å². The maximum atomic E-state index is 11.9. The van der Waals surface area contributed by atoms with Crippen LogP contribution in [0, 0.1) is 0 Å². The highest BCUT2D eigenvalue weighted by Gasteiger charge is 2.18. The molecule has 0 N–H and O–H groups in total. The van der Waals surface area contributed by atoms with E-state index in [2.05, 4.69) is 4.74 Å². The molecule has 1 heterocycles. The van der Waals surface area contributed by atoms with Crippen LogP contribution in [0.15, 0.2) is 36.4 Å². The topological polar surface area (TPSA) is 96.0 Å². The van der Waals surface area contributed by atoms with E-state index < -0.39 is 23.9 Å². The quantitative estimate of drug-likeness (QED) is 0.297. The fourth-order valence-corrected chi connectivity index (χ4v) is 1.92. The van der Waals surface area contributed by atoms with Crippen LogP contribution in [0.25, 0.3) is 0 Å². The van der Waals surface area contributed by atoms with Gasteiger partial charge in [0.15, 0.2) is 0 Å². The summed E-state index contributed by atoms with van der Waals surface area (Å²) >= 11 is 0. The van der Waals surface area contributed by atoms with Crippen molar-refractivity contribution in [1.82, 2.24) is 0 Å². The van der Waals surface area contributed by atoms with Gasteiger partial charge in [0.2, 0.25) is 0 Å². The summed E-state index contributed by atoms with van der Waals surface area (Å²) in [4.78, 5) is 43.7. The van der Waals surface area contributed by atoms with Crippen molar-refractivity contribution in [2.75, 3.05) is 13.2 Å². The summed E-state index contributed by atoms with van der Waals surface area (Å²) < 4.78 is 14.2. The van der Waals surface area contributed by atoms with Crippen LogP contribution in [-0.4, -0.2) is 37.1 Å². The minimum atomic E-state index is -0.579. The molecular formula is C20H24O7. The first-order valence-corrected chi connectivity index (χ1v) is 8.86. The van der Waals surface area contributed by atoms with Crippen LogP contribution in [0.2, 0.25) is 0 Å². The number of esters is 4. The Morgan fingerprint density at radius 1 is 0.815 bits per heavy atom.